The second-order valence-electron chi connectivity index (χ2n) is 5.48. The maximum Gasteiger partial charge on any atom is 0.339 e. The van der Waals surface area contributed by atoms with Gasteiger partial charge in [0.2, 0.25) is 0 Å². The molecule has 1 amide bonds. The molecule has 1 aliphatic rings. The van der Waals surface area contributed by atoms with Crippen LogP contribution in [0.1, 0.15) is 5.76 Å². The van der Waals surface area contributed by atoms with Gasteiger partial charge in [0.25, 0.3) is 5.91 Å². The minimum absolute atomic E-state index is 0.0469. The van der Waals surface area contributed by atoms with Crippen LogP contribution in [-0.2, 0) is 4.79 Å². The van der Waals surface area contributed by atoms with E-state index in [1.54, 1.807) is 30.0 Å². The molecule has 6 nitrogen and oxygen atoms in total. The van der Waals surface area contributed by atoms with Crippen molar-refractivity contribution in [2.75, 3.05) is 19.7 Å². The Morgan fingerprint density at radius 2 is 2.08 bits per heavy atom. The number of rotatable bonds is 5. The summed E-state index contributed by atoms with van der Waals surface area (Å²) in [7, 11) is 0. The molecule has 1 saturated heterocycles. The van der Waals surface area contributed by atoms with Crippen LogP contribution < -0.4 is 15.1 Å². The molecular formula is C17H16FNO5. The van der Waals surface area contributed by atoms with E-state index in [4.69, 9.17) is 13.9 Å². The van der Waals surface area contributed by atoms with Crippen molar-refractivity contribution in [3.8, 4) is 11.5 Å². The minimum atomic E-state index is -0.506. The van der Waals surface area contributed by atoms with Gasteiger partial charge in [-0.15, -0.1) is 0 Å². The maximum absolute atomic E-state index is 13.4. The highest BCUT2D eigenvalue weighted by atomic mass is 19.1. The fourth-order valence-electron chi connectivity index (χ4n) is 2.35. The number of likely N-dealkylation sites (tertiary alicyclic amines) is 1. The molecule has 0 atom stereocenters. The second kappa shape index (κ2) is 6.74. The normalized spacial score (nSPS) is 14.2. The maximum atomic E-state index is 13.4. The Labute approximate surface area is 137 Å². The zero-order valence-corrected chi connectivity index (χ0v) is 13.0. The van der Waals surface area contributed by atoms with Crippen molar-refractivity contribution < 1.29 is 23.1 Å². The third-order valence-electron chi connectivity index (χ3n) is 3.56. The first-order chi connectivity index (χ1) is 11.5. The standard InChI is InChI=1S/C17H16FNO5/c1-11-6-12(7-17(21)23-11)24-13-8-19(9-13)16(20)10-22-15-5-3-2-4-14(15)18/h2-7,13H,8-10H2,1H3. The number of aryl methyl sites for hydroxylation is 1. The Balaban J connectivity index is 1.47. The van der Waals surface area contributed by atoms with Crippen LogP contribution in [0.15, 0.2) is 45.6 Å². The van der Waals surface area contributed by atoms with Gasteiger partial charge in [-0.1, -0.05) is 12.1 Å². The van der Waals surface area contributed by atoms with Crippen LogP contribution in [0, 0.1) is 12.7 Å². The van der Waals surface area contributed by atoms with Crippen molar-refractivity contribution in [1.82, 2.24) is 4.90 Å². The highest BCUT2D eigenvalue weighted by Crippen LogP contribution is 2.19. The van der Waals surface area contributed by atoms with Gasteiger partial charge in [0, 0.05) is 6.07 Å². The Kier molecular flexibility index (Phi) is 4.50. The summed E-state index contributed by atoms with van der Waals surface area (Å²) >= 11 is 0. The Bertz CT molecular complexity index is 798. The van der Waals surface area contributed by atoms with Crippen molar-refractivity contribution in [3.63, 3.8) is 0 Å². The summed E-state index contributed by atoms with van der Waals surface area (Å²) in [5.74, 6) is 0.174. The summed E-state index contributed by atoms with van der Waals surface area (Å²) < 4.78 is 29.0. The molecule has 0 radical (unpaired) electrons. The molecule has 7 heteroatoms. The summed E-state index contributed by atoms with van der Waals surface area (Å²) in [5.41, 5.74) is -0.476. The number of para-hydroxylation sites is 1. The lowest BCUT2D eigenvalue weighted by molar-refractivity contribution is -0.142. The smallest absolute Gasteiger partial charge is 0.339 e. The molecule has 0 saturated carbocycles. The molecule has 1 aromatic heterocycles. The number of halogens is 1. The van der Waals surface area contributed by atoms with E-state index < -0.39 is 11.4 Å². The van der Waals surface area contributed by atoms with Crippen molar-refractivity contribution in [1.29, 1.82) is 0 Å². The largest absolute Gasteiger partial charge is 0.486 e. The Hall–Kier alpha value is -2.83. The minimum Gasteiger partial charge on any atom is -0.486 e. The molecule has 0 unspecified atom stereocenters. The van der Waals surface area contributed by atoms with E-state index in [0.717, 1.165) is 0 Å². The first-order valence-corrected chi connectivity index (χ1v) is 7.45. The van der Waals surface area contributed by atoms with Gasteiger partial charge in [-0.2, -0.15) is 0 Å². The number of benzene rings is 1. The first-order valence-electron chi connectivity index (χ1n) is 7.45. The van der Waals surface area contributed by atoms with Gasteiger partial charge in [-0.05, 0) is 19.1 Å². The summed E-state index contributed by atoms with van der Waals surface area (Å²) in [4.78, 5) is 24.8. The molecule has 1 aromatic carbocycles. The van der Waals surface area contributed by atoms with Gasteiger partial charge in [-0.25, -0.2) is 9.18 Å². The fraction of sp³-hybridized carbons (Fsp3) is 0.294. The third-order valence-corrected chi connectivity index (χ3v) is 3.56. The molecule has 1 fully saturated rings. The van der Waals surface area contributed by atoms with Crippen molar-refractivity contribution in [3.05, 3.63) is 58.4 Å². The zero-order chi connectivity index (χ0) is 17.1. The highest BCUT2D eigenvalue weighted by molar-refractivity contribution is 5.78. The third kappa shape index (κ3) is 3.73. The van der Waals surface area contributed by atoms with Crippen molar-refractivity contribution in [2.45, 2.75) is 13.0 Å². The molecule has 0 N–H and O–H groups in total. The molecule has 126 valence electrons. The van der Waals surface area contributed by atoms with Crippen LogP contribution >= 0.6 is 0 Å². The molecule has 1 aliphatic heterocycles. The average Bonchev–Trinajstić information content (AvgIpc) is 2.48. The zero-order valence-electron chi connectivity index (χ0n) is 13.0. The van der Waals surface area contributed by atoms with E-state index in [2.05, 4.69) is 0 Å². The SMILES string of the molecule is Cc1cc(OC2CN(C(=O)COc3ccccc3F)C2)cc(=O)o1. The summed E-state index contributed by atoms with van der Waals surface area (Å²) in [6.45, 7) is 2.20. The molecule has 3 rings (SSSR count). The van der Waals surface area contributed by atoms with Gasteiger partial charge >= 0.3 is 5.63 Å². The Morgan fingerprint density at radius 3 is 2.79 bits per heavy atom. The van der Waals surface area contributed by atoms with Crippen LogP contribution in [0.25, 0.3) is 0 Å². The quantitative estimate of drug-likeness (QED) is 0.834. The summed E-state index contributed by atoms with van der Waals surface area (Å²) in [6.07, 6.45) is -0.191. The molecule has 2 aromatic rings. The van der Waals surface area contributed by atoms with Gasteiger partial charge in [0.1, 0.15) is 17.6 Å². The lowest BCUT2D eigenvalue weighted by Gasteiger charge is -2.38. The lowest BCUT2D eigenvalue weighted by atomic mass is 10.1. The average molecular weight is 333 g/mol. The number of amides is 1. The van der Waals surface area contributed by atoms with Gasteiger partial charge in [-0.3, -0.25) is 4.79 Å². The molecular weight excluding hydrogens is 317 g/mol. The van der Waals surface area contributed by atoms with Crippen LogP contribution in [-0.4, -0.2) is 36.6 Å². The second-order valence-corrected chi connectivity index (χ2v) is 5.48. The number of hydrogen-bond acceptors (Lipinski definition) is 5. The fourth-order valence-corrected chi connectivity index (χ4v) is 2.35. The van der Waals surface area contributed by atoms with Gasteiger partial charge in [0.15, 0.2) is 18.2 Å². The molecule has 0 spiro atoms. The van der Waals surface area contributed by atoms with Crippen LogP contribution in [0.5, 0.6) is 11.5 Å². The monoisotopic (exact) mass is 333 g/mol. The molecule has 2 heterocycles. The lowest BCUT2D eigenvalue weighted by Crippen LogP contribution is -2.57. The summed E-state index contributed by atoms with van der Waals surface area (Å²) in [6, 6.07) is 8.80. The van der Waals surface area contributed by atoms with Gasteiger partial charge < -0.3 is 18.8 Å². The van der Waals surface area contributed by atoms with E-state index in [-0.39, 0.29) is 24.4 Å². The predicted octanol–water partition coefficient (Wildman–Crippen LogP) is 1.76. The van der Waals surface area contributed by atoms with Gasteiger partial charge in [0.05, 0.1) is 19.2 Å². The van der Waals surface area contributed by atoms with Crippen LogP contribution in [0.4, 0.5) is 4.39 Å². The van der Waals surface area contributed by atoms with Crippen LogP contribution in [0.2, 0.25) is 0 Å². The topological polar surface area (TPSA) is 69.0 Å². The molecule has 24 heavy (non-hydrogen) atoms. The van der Waals surface area contributed by atoms with E-state index in [1.165, 1.54) is 18.2 Å². The number of carbonyl (C=O) groups excluding carboxylic acids is 1. The highest BCUT2D eigenvalue weighted by Gasteiger charge is 2.32. The van der Waals surface area contributed by atoms with E-state index in [0.29, 0.717) is 24.6 Å². The van der Waals surface area contributed by atoms with Crippen molar-refractivity contribution in [2.24, 2.45) is 0 Å². The number of nitrogens with zero attached hydrogens (tertiary/aromatic N) is 1. The predicted molar refractivity (Wildman–Crippen MR) is 82.6 cm³/mol. The first kappa shape index (κ1) is 16.0. The van der Waals surface area contributed by atoms with Crippen LogP contribution in [0.3, 0.4) is 0 Å². The molecule has 0 bridgehead atoms. The van der Waals surface area contributed by atoms with E-state index in [1.807, 2.05) is 0 Å². The number of carbonyl (C=O) groups is 1. The van der Waals surface area contributed by atoms with Crippen molar-refractivity contribution >= 4 is 5.91 Å². The Morgan fingerprint density at radius 1 is 1.33 bits per heavy atom. The number of hydrogen-bond donors (Lipinski definition) is 0. The molecule has 0 aliphatic carbocycles. The van der Waals surface area contributed by atoms with E-state index >= 15 is 0 Å². The summed E-state index contributed by atoms with van der Waals surface area (Å²) in [5, 5.41) is 0. The number of ether oxygens (including phenoxy) is 2. The van der Waals surface area contributed by atoms with E-state index in [9.17, 15) is 14.0 Å².